The maximum atomic E-state index is 14.2. The summed E-state index contributed by atoms with van der Waals surface area (Å²) in [6, 6.07) is 17.8. The highest BCUT2D eigenvalue weighted by molar-refractivity contribution is 6.31. The van der Waals surface area contributed by atoms with Crippen LogP contribution in [-0.2, 0) is 26.3 Å². The number of carbonyl (C=O) groups is 3. The second-order valence-electron chi connectivity index (χ2n) is 10.4. The lowest BCUT2D eigenvalue weighted by atomic mass is 9.76. The standard InChI is InChI=1S/C30H25ClN4O4/c1-15-10-17(31)12-21-26(15)33-29(38)30(21)25-24(23(34-30)11-16-14-32-22-9-4-3-8-20(16)22)27(36)35(28(25)37)18-6-5-7-19(13-18)39-2/h3-10,12-14,23-25,32,34H,11H2,1-2H3,(H,33,38)/t23-,24+,25-,30-/m0/s1. The number of carbonyl (C=O) groups excluding carboxylic acids is 3. The molecule has 9 heteroatoms. The Morgan fingerprint density at radius 3 is 2.67 bits per heavy atom. The topological polar surface area (TPSA) is 104 Å². The maximum Gasteiger partial charge on any atom is 0.250 e. The third-order valence-electron chi connectivity index (χ3n) is 8.41. The number of aryl methyl sites for hydroxylation is 1. The number of hydrogen-bond donors (Lipinski definition) is 3. The molecule has 3 N–H and O–H groups in total. The van der Waals surface area contributed by atoms with Gasteiger partial charge in [0.15, 0.2) is 0 Å². The molecule has 3 amide bonds. The number of nitrogens with one attached hydrogen (secondary N) is 3. The van der Waals surface area contributed by atoms with Crippen LogP contribution in [0.4, 0.5) is 11.4 Å². The molecule has 0 unspecified atom stereocenters. The molecule has 0 aliphatic carbocycles. The molecule has 1 spiro atoms. The van der Waals surface area contributed by atoms with Crippen molar-refractivity contribution in [2.24, 2.45) is 11.8 Å². The number of para-hydroxylation sites is 1. The summed E-state index contributed by atoms with van der Waals surface area (Å²) in [5.41, 5.74) is 2.98. The Labute approximate surface area is 229 Å². The van der Waals surface area contributed by atoms with Crippen LogP contribution in [0.15, 0.2) is 66.9 Å². The second-order valence-corrected chi connectivity index (χ2v) is 10.9. The smallest absolute Gasteiger partial charge is 0.250 e. The van der Waals surface area contributed by atoms with Gasteiger partial charge in [-0.2, -0.15) is 0 Å². The Morgan fingerprint density at radius 2 is 1.85 bits per heavy atom. The zero-order valence-electron chi connectivity index (χ0n) is 21.2. The molecule has 3 aromatic carbocycles. The largest absolute Gasteiger partial charge is 0.497 e. The predicted octanol–water partition coefficient (Wildman–Crippen LogP) is 4.31. The van der Waals surface area contributed by atoms with Gasteiger partial charge in [-0.15, -0.1) is 0 Å². The van der Waals surface area contributed by atoms with Gasteiger partial charge in [0.05, 0.1) is 24.6 Å². The molecule has 0 saturated carbocycles. The normalized spacial score (nSPS) is 25.5. The Bertz CT molecular complexity index is 1710. The van der Waals surface area contributed by atoms with Crippen molar-refractivity contribution in [1.29, 1.82) is 0 Å². The fraction of sp³-hybridized carbons (Fsp3) is 0.233. The third kappa shape index (κ3) is 3.25. The SMILES string of the molecule is COc1cccc(N2C(=O)[C@@H]3[C@H](Cc4c[nH]c5ccccc45)N[C@]4(C(=O)Nc5c(C)cc(Cl)cc54)[C@@H]3C2=O)c1. The lowest BCUT2D eigenvalue weighted by Gasteiger charge is -2.29. The molecular formula is C30H25ClN4O4. The van der Waals surface area contributed by atoms with Crippen molar-refractivity contribution in [2.75, 3.05) is 17.3 Å². The van der Waals surface area contributed by atoms with Crippen molar-refractivity contribution in [3.8, 4) is 5.75 Å². The van der Waals surface area contributed by atoms with Gasteiger partial charge in [-0.05, 0) is 54.8 Å². The van der Waals surface area contributed by atoms with Crippen molar-refractivity contribution in [2.45, 2.75) is 24.9 Å². The highest BCUT2D eigenvalue weighted by atomic mass is 35.5. The molecular weight excluding hydrogens is 516 g/mol. The molecule has 4 heterocycles. The zero-order chi connectivity index (χ0) is 27.1. The number of H-pyrrole nitrogens is 1. The van der Waals surface area contributed by atoms with Crippen LogP contribution in [0.5, 0.6) is 5.75 Å². The summed E-state index contributed by atoms with van der Waals surface area (Å²) in [4.78, 5) is 46.8. The predicted molar refractivity (Wildman–Crippen MR) is 148 cm³/mol. The summed E-state index contributed by atoms with van der Waals surface area (Å²) < 4.78 is 5.35. The van der Waals surface area contributed by atoms with Crippen LogP contribution < -0.4 is 20.3 Å². The van der Waals surface area contributed by atoms with E-state index in [2.05, 4.69) is 15.6 Å². The van der Waals surface area contributed by atoms with E-state index in [0.29, 0.717) is 34.1 Å². The summed E-state index contributed by atoms with van der Waals surface area (Å²) in [6.45, 7) is 1.87. The van der Waals surface area contributed by atoms with Crippen LogP contribution in [0.3, 0.4) is 0 Å². The van der Waals surface area contributed by atoms with Crippen molar-refractivity contribution in [3.63, 3.8) is 0 Å². The molecule has 7 rings (SSSR count). The number of ether oxygens (including phenoxy) is 1. The number of aromatic amines is 1. The minimum Gasteiger partial charge on any atom is -0.497 e. The summed E-state index contributed by atoms with van der Waals surface area (Å²) >= 11 is 6.47. The number of imide groups is 1. The Hall–Kier alpha value is -4.14. The quantitative estimate of drug-likeness (QED) is 0.335. The Kier molecular flexibility index (Phi) is 5.17. The van der Waals surface area contributed by atoms with E-state index < -0.39 is 29.3 Å². The van der Waals surface area contributed by atoms with Gasteiger partial charge in [0.2, 0.25) is 17.7 Å². The molecule has 0 radical (unpaired) electrons. The third-order valence-corrected chi connectivity index (χ3v) is 8.63. The van der Waals surface area contributed by atoms with Crippen LogP contribution in [0.2, 0.25) is 5.02 Å². The lowest BCUT2D eigenvalue weighted by Crippen LogP contribution is -2.53. The van der Waals surface area contributed by atoms with Crippen molar-refractivity contribution in [3.05, 3.63) is 88.6 Å². The summed E-state index contributed by atoms with van der Waals surface area (Å²) in [5, 5.41) is 7.99. The van der Waals surface area contributed by atoms with E-state index in [9.17, 15) is 14.4 Å². The van der Waals surface area contributed by atoms with Crippen LogP contribution >= 0.6 is 11.6 Å². The van der Waals surface area contributed by atoms with Gasteiger partial charge in [0.1, 0.15) is 11.3 Å². The number of aromatic nitrogens is 1. The number of rotatable bonds is 4. The van der Waals surface area contributed by atoms with Gasteiger partial charge in [-0.1, -0.05) is 35.9 Å². The van der Waals surface area contributed by atoms with E-state index in [0.717, 1.165) is 22.0 Å². The highest BCUT2D eigenvalue weighted by Gasteiger charge is 2.70. The zero-order valence-corrected chi connectivity index (χ0v) is 22.0. The number of halogens is 1. The molecule has 8 nitrogen and oxygen atoms in total. The number of anilines is 2. The Balaban J connectivity index is 1.40. The molecule has 2 saturated heterocycles. The average Bonchev–Trinajstić information content (AvgIpc) is 3.64. The monoisotopic (exact) mass is 540 g/mol. The van der Waals surface area contributed by atoms with Crippen molar-refractivity contribution < 1.29 is 19.1 Å². The highest BCUT2D eigenvalue weighted by Crippen LogP contribution is 2.55. The minimum absolute atomic E-state index is 0.340. The number of methoxy groups -OCH3 is 1. The fourth-order valence-corrected chi connectivity index (χ4v) is 7.02. The van der Waals surface area contributed by atoms with E-state index in [1.807, 2.05) is 37.4 Å². The van der Waals surface area contributed by atoms with E-state index in [1.165, 1.54) is 12.0 Å². The lowest BCUT2D eigenvalue weighted by molar-refractivity contribution is -0.130. The fourth-order valence-electron chi connectivity index (χ4n) is 6.75. The van der Waals surface area contributed by atoms with Gasteiger partial charge in [0, 0.05) is 45.5 Å². The minimum atomic E-state index is -1.44. The number of fused-ring (bicyclic) bond motifs is 5. The first-order valence-electron chi connectivity index (χ1n) is 12.8. The molecule has 4 atom stereocenters. The molecule has 0 bridgehead atoms. The van der Waals surface area contributed by atoms with E-state index >= 15 is 0 Å². The molecule has 196 valence electrons. The van der Waals surface area contributed by atoms with E-state index in [1.54, 1.807) is 36.4 Å². The van der Waals surface area contributed by atoms with Crippen LogP contribution in [0.25, 0.3) is 10.9 Å². The van der Waals surface area contributed by atoms with Gasteiger partial charge in [-0.25, -0.2) is 4.90 Å². The van der Waals surface area contributed by atoms with Crippen molar-refractivity contribution >= 4 is 51.6 Å². The number of benzene rings is 3. The van der Waals surface area contributed by atoms with Gasteiger partial charge < -0.3 is 15.0 Å². The van der Waals surface area contributed by atoms with E-state index in [-0.39, 0.29) is 11.8 Å². The number of hydrogen-bond acceptors (Lipinski definition) is 5. The molecule has 3 aliphatic heterocycles. The van der Waals surface area contributed by atoms with Crippen LogP contribution in [0.1, 0.15) is 16.7 Å². The molecule has 3 aliphatic rings. The first kappa shape index (κ1) is 23.9. The van der Waals surface area contributed by atoms with Crippen LogP contribution in [0, 0.1) is 18.8 Å². The average molecular weight is 541 g/mol. The van der Waals surface area contributed by atoms with Gasteiger partial charge in [-0.3, -0.25) is 19.7 Å². The van der Waals surface area contributed by atoms with Gasteiger partial charge >= 0.3 is 0 Å². The first-order chi connectivity index (χ1) is 18.8. The van der Waals surface area contributed by atoms with Crippen LogP contribution in [-0.4, -0.2) is 35.9 Å². The summed E-state index contributed by atoms with van der Waals surface area (Å²) in [5.74, 6) is -2.31. The molecule has 1 aromatic heterocycles. The van der Waals surface area contributed by atoms with Crippen molar-refractivity contribution in [1.82, 2.24) is 10.3 Å². The summed E-state index contributed by atoms with van der Waals surface area (Å²) in [6.07, 6.45) is 2.37. The molecule has 39 heavy (non-hydrogen) atoms. The second kappa shape index (κ2) is 8.43. The van der Waals surface area contributed by atoms with Gasteiger partial charge in [0.25, 0.3) is 0 Å². The first-order valence-corrected chi connectivity index (χ1v) is 13.2. The Morgan fingerprint density at radius 1 is 1.03 bits per heavy atom. The maximum absolute atomic E-state index is 14.2. The number of nitrogens with zero attached hydrogens (tertiary/aromatic N) is 1. The summed E-state index contributed by atoms with van der Waals surface area (Å²) in [7, 11) is 1.53. The molecule has 2 fully saturated rings. The number of amides is 3. The van der Waals surface area contributed by atoms with E-state index in [4.69, 9.17) is 16.3 Å². The molecule has 4 aromatic rings.